The number of phenolic OH excluding ortho intramolecular Hbond substituents is 2. The summed E-state index contributed by atoms with van der Waals surface area (Å²) in [7, 11) is 0. The number of hydrogen-bond acceptors (Lipinski definition) is 4. The van der Waals surface area contributed by atoms with Crippen LogP contribution in [0.4, 0.5) is 0 Å². The number of ether oxygens (including phenoxy) is 1. The van der Waals surface area contributed by atoms with Crippen LogP contribution in [0.5, 0.6) is 11.5 Å². The first-order valence-electron chi connectivity index (χ1n) is 5.57. The second-order valence-electron chi connectivity index (χ2n) is 4.12. The van der Waals surface area contributed by atoms with Gasteiger partial charge in [0.2, 0.25) is 0 Å². The van der Waals surface area contributed by atoms with E-state index in [0.29, 0.717) is 12.6 Å². The summed E-state index contributed by atoms with van der Waals surface area (Å²) in [5.74, 6) is -0.149. The topological polar surface area (TPSA) is 61.7 Å². The van der Waals surface area contributed by atoms with Crippen molar-refractivity contribution in [1.82, 2.24) is 5.32 Å². The number of benzene rings is 1. The molecule has 1 aliphatic heterocycles. The van der Waals surface area contributed by atoms with Crippen LogP contribution in [0.1, 0.15) is 18.4 Å². The highest BCUT2D eigenvalue weighted by molar-refractivity contribution is 5.40. The lowest BCUT2D eigenvalue weighted by Crippen LogP contribution is -2.36. The predicted molar refractivity (Wildman–Crippen MR) is 60.5 cm³/mol. The molecule has 88 valence electrons. The highest BCUT2D eigenvalue weighted by Crippen LogP contribution is 2.24. The van der Waals surface area contributed by atoms with E-state index in [9.17, 15) is 10.2 Å². The zero-order chi connectivity index (χ0) is 11.4. The van der Waals surface area contributed by atoms with Crippen LogP contribution < -0.4 is 5.32 Å². The second-order valence-corrected chi connectivity index (χ2v) is 4.12. The molecule has 1 fully saturated rings. The molecule has 0 saturated carbocycles. The Morgan fingerprint density at radius 2 is 2.19 bits per heavy atom. The monoisotopic (exact) mass is 223 g/mol. The summed E-state index contributed by atoms with van der Waals surface area (Å²) in [5.41, 5.74) is 0.959. The molecule has 1 unspecified atom stereocenters. The van der Waals surface area contributed by atoms with Crippen molar-refractivity contribution >= 4 is 0 Å². The lowest BCUT2D eigenvalue weighted by atomic mass is 10.1. The molecule has 1 saturated heterocycles. The summed E-state index contributed by atoms with van der Waals surface area (Å²) in [5, 5.41) is 21.9. The Bertz CT molecular complexity index is 348. The van der Waals surface area contributed by atoms with E-state index in [1.807, 2.05) is 0 Å². The second kappa shape index (κ2) is 5.18. The third-order valence-corrected chi connectivity index (χ3v) is 2.79. The van der Waals surface area contributed by atoms with E-state index in [2.05, 4.69) is 5.32 Å². The van der Waals surface area contributed by atoms with Crippen molar-refractivity contribution in [3.05, 3.63) is 23.8 Å². The predicted octanol–water partition coefficient (Wildman–Crippen LogP) is 1.37. The van der Waals surface area contributed by atoms with Gasteiger partial charge in [0.25, 0.3) is 0 Å². The molecule has 0 aromatic heterocycles. The standard InChI is InChI=1S/C12H17NO3/c14-11-4-3-9(6-12(11)15)7-13-10-2-1-5-16-8-10/h3-4,6,10,13-15H,1-2,5,7-8H2. The molecule has 0 aliphatic carbocycles. The van der Waals surface area contributed by atoms with Crippen LogP contribution in [0.15, 0.2) is 18.2 Å². The van der Waals surface area contributed by atoms with Gasteiger partial charge in [0.1, 0.15) is 0 Å². The third-order valence-electron chi connectivity index (χ3n) is 2.79. The highest BCUT2D eigenvalue weighted by atomic mass is 16.5. The highest BCUT2D eigenvalue weighted by Gasteiger charge is 2.12. The molecular weight excluding hydrogens is 206 g/mol. The summed E-state index contributed by atoms with van der Waals surface area (Å²) in [6.07, 6.45) is 2.22. The maximum Gasteiger partial charge on any atom is 0.157 e. The number of aromatic hydroxyl groups is 2. The van der Waals surface area contributed by atoms with Gasteiger partial charge in [-0.05, 0) is 30.5 Å². The fourth-order valence-electron chi connectivity index (χ4n) is 1.84. The van der Waals surface area contributed by atoms with Crippen LogP contribution in [0.3, 0.4) is 0 Å². The molecule has 2 rings (SSSR count). The van der Waals surface area contributed by atoms with Gasteiger partial charge in [-0.1, -0.05) is 6.07 Å². The SMILES string of the molecule is Oc1ccc(CNC2CCCOC2)cc1O. The van der Waals surface area contributed by atoms with Crippen molar-refractivity contribution in [3.63, 3.8) is 0 Å². The lowest BCUT2D eigenvalue weighted by molar-refractivity contribution is 0.0699. The van der Waals surface area contributed by atoms with Crippen molar-refractivity contribution in [3.8, 4) is 11.5 Å². The summed E-state index contributed by atoms with van der Waals surface area (Å²) in [4.78, 5) is 0. The van der Waals surface area contributed by atoms with Gasteiger partial charge in [0.05, 0.1) is 6.61 Å². The molecular formula is C12H17NO3. The number of rotatable bonds is 3. The number of hydrogen-bond donors (Lipinski definition) is 3. The van der Waals surface area contributed by atoms with Crippen LogP contribution >= 0.6 is 0 Å². The Labute approximate surface area is 94.9 Å². The Balaban J connectivity index is 1.86. The van der Waals surface area contributed by atoms with E-state index >= 15 is 0 Å². The van der Waals surface area contributed by atoms with Gasteiger partial charge >= 0.3 is 0 Å². The first-order valence-corrected chi connectivity index (χ1v) is 5.57. The van der Waals surface area contributed by atoms with Crippen LogP contribution in [-0.2, 0) is 11.3 Å². The molecule has 1 aromatic carbocycles. The average molecular weight is 223 g/mol. The van der Waals surface area contributed by atoms with E-state index in [0.717, 1.165) is 31.6 Å². The van der Waals surface area contributed by atoms with Crippen LogP contribution in [0.25, 0.3) is 0 Å². The van der Waals surface area contributed by atoms with E-state index in [-0.39, 0.29) is 11.5 Å². The van der Waals surface area contributed by atoms with Gasteiger partial charge in [0, 0.05) is 19.2 Å². The lowest BCUT2D eigenvalue weighted by Gasteiger charge is -2.23. The smallest absolute Gasteiger partial charge is 0.157 e. The largest absolute Gasteiger partial charge is 0.504 e. The molecule has 1 heterocycles. The average Bonchev–Trinajstić information content (AvgIpc) is 2.32. The van der Waals surface area contributed by atoms with Gasteiger partial charge in [0.15, 0.2) is 11.5 Å². The zero-order valence-electron chi connectivity index (χ0n) is 9.15. The van der Waals surface area contributed by atoms with Crippen molar-refractivity contribution in [1.29, 1.82) is 0 Å². The minimum absolute atomic E-state index is 0.0702. The molecule has 1 atom stereocenters. The fraction of sp³-hybridized carbons (Fsp3) is 0.500. The number of phenols is 2. The number of nitrogens with one attached hydrogen (secondary N) is 1. The molecule has 4 heteroatoms. The van der Waals surface area contributed by atoms with E-state index in [1.54, 1.807) is 12.1 Å². The summed E-state index contributed by atoms with van der Waals surface area (Å²) in [6, 6.07) is 5.27. The van der Waals surface area contributed by atoms with Crippen molar-refractivity contribution in [2.45, 2.75) is 25.4 Å². The first-order chi connectivity index (χ1) is 7.75. The zero-order valence-corrected chi connectivity index (χ0v) is 9.15. The van der Waals surface area contributed by atoms with Crippen LogP contribution in [-0.4, -0.2) is 29.5 Å². The quantitative estimate of drug-likeness (QED) is 0.677. The molecule has 16 heavy (non-hydrogen) atoms. The molecule has 0 spiro atoms. The molecule has 0 amide bonds. The molecule has 0 radical (unpaired) electrons. The van der Waals surface area contributed by atoms with E-state index in [4.69, 9.17) is 4.74 Å². The maximum absolute atomic E-state index is 9.33. The molecule has 3 N–H and O–H groups in total. The normalized spacial score (nSPS) is 20.9. The fourth-order valence-corrected chi connectivity index (χ4v) is 1.84. The minimum Gasteiger partial charge on any atom is -0.504 e. The molecule has 1 aromatic rings. The van der Waals surface area contributed by atoms with Crippen molar-refractivity contribution in [2.24, 2.45) is 0 Å². The van der Waals surface area contributed by atoms with Crippen LogP contribution in [0, 0.1) is 0 Å². The van der Waals surface area contributed by atoms with Crippen LogP contribution in [0.2, 0.25) is 0 Å². The van der Waals surface area contributed by atoms with Crippen molar-refractivity contribution < 1.29 is 14.9 Å². The molecule has 1 aliphatic rings. The van der Waals surface area contributed by atoms with Gasteiger partial charge < -0.3 is 20.3 Å². The Morgan fingerprint density at radius 3 is 2.88 bits per heavy atom. The van der Waals surface area contributed by atoms with E-state index in [1.165, 1.54) is 6.07 Å². The maximum atomic E-state index is 9.33. The van der Waals surface area contributed by atoms with Gasteiger partial charge in [-0.25, -0.2) is 0 Å². The van der Waals surface area contributed by atoms with E-state index < -0.39 is 0 Å². The summed E-state index contributed by atoms with van der Waals surface area (Å²) >= 11 is 0. The van der Waals surface area contributed by atoms with Gasteiger partial charge in [-0.2, -0.15) is 0 Å². The minimum atomic E-state index is -0.0789. The van der Waals surface area contributed by atoms with Crippen molar-refractivity contribution in [2.75, 3.05) is 13.2 Å². The Morgan fingerprint density at radius 1 is 1.31 bits per heavy atom. The third kappa shape index (κ3) is 2.87. The summed E-state index contributed by atoms with van der Waals surface area (Å²) < 4.78 is 5.36. The molecule has 0 bridgehead atoms. The summed E-state index contributed by atoms with van der Waals surface area (Å²) in [6.45, 7) is 2.30. The van der Waals surface area contributed by atoms with Gasteiger partial charge in [-0.15, -0.1) is 0 Å². The Hall–Kier alpha value is -1.26. The first kappa shape index (κ1) is 11.2. The Kier molecular flexibility index (Phi) is 3.64. The molecule has 4 nitrogen and oxygen atoms in total. The van der Waals surface area contributed by atoms with Gasteiger partial charge in [-0.3, -0.25) is 0 Å².